The zero-order chi connectivity index (χ0) is 10.7. The molecule has 82 valence electrons. The lowest BCUT2D eigenvalue weighted by atomic mass is 9.95. The minimum atomic E-state index is -0.185. The van der Waals surface area contributed by atoms with E-state index in [1.807, 2.05) is 13.8 Å². The molecule has 0 aromatic rings. The van der Waals surface area contributed by atoms with E-state index in [9.17, 15) is 5.11 Å². The predicted molar refractivity (Wildman–Crippen MR) is 57.4 cm³/mol. The van der Waals surface area contributed by atoms with Crippen molar-refractivity contribution < 1.29 is 5.11 Å². The molecule has 1 saturated heterocycles. The minimum Gasteiger partial charge on any atom is -0.393 e. The van der Waals surface area contributed by atoms with Gasteiger partial charge in [0.05, 0.1) is 12.1 Å². The van der Waals surface area contributed by atoms with Crippen LogP contribution in [-0.4, -0.2) is 41.1 Å². The number of rotatable bonds is 3. The molecular weight excluding hydrogens is 178 g/mol. The zero-order valence-electron chi connectivity index (χ0n) is 9.03. The van der Waals surface area contributed by atoms with Gasteiger partial charge in [0.25, 0.3) is 0 Å². The van der Waals surface area contributed by atoms with Crippen LogP contribution in [0.3, 0.4) is 0 Å². The summed E-state index contributed by atoms with van der Waals surface area (Å²) in [4.78, 5) is 2.21. The average Bonchev–Trinajstić information content (AvgIpc) is 2.11. The van der Waals surface area contributed by atoms with Crippen LogP contribution in [0, 0.1) is 11.3 Å². The fraction of sp³-hybridized carbons (Fsp3) is 0.900. The first-order chi connectivity index (χ1) is 6.56. The largest absolute Gasteiger partial charge is 0.393 e. The molecular formula is C10H21N3O. The number of nitrogens with one attached hydrogen (secondary N) is 1. The Hall–Kier alpha value is -0.610. The van der Waals surface area contributed by atoms with E-state index >= 15 is 0 Å². The molecule has 14 heavy (non-hydrogen) atoms. The second-order valence-electron chi connectivity index (χ2n) is 4.21. The van der Waals surface area contributed by atoms with E-state index < -0.39 is 0 Å². The molecule has 1 aliphatic rings. The summed E-state index contributed by atoms with van der Waals surface area (Å²) >= 11 is 0. The van der Waals surface area contributed by atoms with Crippen LogP contribution in [0.25, 0.3) is 0 Å². The third kappa shape index (κ3) is 2.45. The molecule has 0 spiro atoms. The lowest BCUT2D eigenvalue weighted by molar-refractivity contribution is 0.0269. The smallest absolute Gasteiger partial charge is 0.108 e. The molecule has 0 bridgehead atoms. The van der Waals surface area contributed by atoms with E-state index in [4.69, 9.17) is 11.1 Å². The van der Waals surface area contributed by atoms with Crippen molar-refractivity contribution in [2.75, 3.05) is 13.1 Å². The second-order valence-corrected chi connectivity index (χ2v) is 4.21. The normalized spacial score (nSPS) is 31.4. The third-order valence-corrected chi connectivity index (χ3v) is 3.08. The number of likely N-dealkylation sites (tertiary alicyclic amines) is 1. The minimum absolute atomic E-state index is 0.0601. The zero-order valence-corrected chi connectivity index (χ0v) is 9.03. The van der Waals surface area contributed by atoms with Gasteiger partial charge in [0.1, 0.15) is 5.84 Å². The van der Waals surface area contributed by atoms with Crippen molar-refractivity contribution in [3.8, 4) is 0 Å². The molecule has 3 atom stereocenters. The molecule has 1 fully saturated rings. The highest BCUT2D eigenvalue weighted by atomic mass is 16.3. The van der Waals surface area contributed by atoms with Crippen molar-refractivity contribution in [1.82, 2.24) is 4.90 Å². The van der Waals surface area contributed by atoms with Gasteiger partial charge in [0.15, 0.2) is 0 Å². The highest BCUT2D eigenvalue weighted by Crippen LogP contribution is 2.19. The van der Waals surface area contributed by atoms with E-state index in [0.29, 0.717) is 0 Å². The van der Waals surface area contributed by atoms with Gasteiger partial charge in [0.2, 0.25) is 0 Å². The van der Waals surface area contributed by atoms with Crippen molar-refractivity contribution in [2.45, 2.75) is 38.8 Å². The molecule has 0 aromatic carbocycles. The Balaban J connectivity index is 2.56. The topological polar surface area (TPSA) is 73.3 Å². The summed E-state index contributed by atoms with van der Waals surface area (Å²) in [6.07, 6.45) is 1.49. The Bertz CT molecular complexity index is 208. The Morgan fingerprint density at radius 3 is 2.79 bits per heavy atom. The van der Waals surface area contributed by atoms with Crippen molar-refractivity contribution >= 4 is 5.84 Å². The number of nitrogens with two attached hydrogens (primary N) is 1. The van der Waals surface area contributed by atoms with Crippen molar-refractivity contribution in [3.63, 3.8) is 0 Å². The maximum Gasteiger partial charge on any atom is 0.108 e. The van der Waals surface area contributed by atoms with Crippen LogP contribution >= 0.6 is 0 Å². The molecule has 1 heterocycles. The maximum absolute atomic E-state index is 9.58. The Kier molecular flexibility index (Phi) is 3.89. The van der Waals surface area contributed by atoms with Gasteiger partial charge in [-0.15, -0.1) is 0 Å². The van der Waals surface area contributed by atoms with Crippen LogP contribution < -0.4 is 5.73 Å². The van der Waals surface area contributed by atoms with Crippen LogP contribution in [-0.2, 0) is 0 Å². The molecule has 0 saturated carbocycles. The monoisotopic (exact) mass is 199 g/mol. The standard InChI is InChI=1S/C10H21N3O/c1-3-8(10(11)12)13-5-4-9(14)7(2)6-13/h7-9,14H,3-6H2,1-2H3,(H3,11,12). The SMILES string of the molecule is CCC(C(=N)N)N1CCC(O)C(C)C1. The summed E-state index contributed by atoms with van der Waals surface area (Å²) in [5.74, 6) is 0.535. The molecule has 4 heteroatoms. The number of nitrogens with zero attached hydrogens (tertiary/aromatic N) is 1. The Morgan fingerprint density at radius 2 is 2.36 bits per heavy atom. The molecule has 4 nitrogen and oxygen atoms in total. The number of aliphatic hydroxyl groups is 1. The van der Waals surface area contributed by atoms with Gasteiger partial charge < -0.3 is 10.8 Å². The third-order valence-electron chi connectivity index (χ3n) is 3.08. The molecule has 0 radical (unpaired) electrons. The van der Waals surface area contributed by atoms with E-state index in [1.165, 1.54) is 0 Å². The van der Waals surface area contributed by atoms with E-state index in [1.54, 1.807) is 0 Å². The van der Waals surface area contributed by atoms with Gasteiger partial charge in [0, 0.05) is 13.1 Å². The van der Waals surface area contributed by atoms with Crippen LogP contribution in [0.4, 0.5) is 0 Å². The second kappa shape index (κ2) is 4.75. The van der Waals surface area contributed by atoms with Gasteiger partial charge >= 0.3 is 0 Å². The quantitative estimate of drug-likeness (QED) is 0.455. The molecule has 3 unspecified atom stereocenters. The molecule has 4 N–H and O–H groups in total. The molecule has 0 aromatic heterocycles. The first-order valence-electron chi connectivity index (χ1n) is 5.32. The van der Waals surface area contributed by atoms with Crippen LogP contribution in [0.5, 0.6) is 0 Å². The average molecular weight is 199 g/mol. The van der Waals surface area contributed by atoms with Crippen LogP contribution in [0.2, 0.25) is 0 Å². The first kappa shape index (κ1) is 11.5. The number of amidine groups is 1. The molecule has 0 amide bonds. The number of hydrogen-bond donors (Lipinski definition) is 3. The lowest BCUT2D eigenvalue weighted by Gasteiger charge is -2.38. The van der Waals surface area contributed by atoms with E-state index in [-0.39, 0.29) is 23.9 Å². The van der Waals surface area contributed by atoms with Crippen molar-refractivity contribution in [3.05, 3.63) is 0 Å². The van der Waals surface area contributed by atoms with Crippen molar-refractivity contribution in [2.24, 2.45) is 11.7 Å². The Morgan fingerprint density at radius 1 is 1.71 bits per heavy atom. The molecule has 1 aliphatic heterocycles. The highest BCUT2D eigenvalue weighted by Gasteiger charge is 2.29. The van der Waals surface area contributed by atoms with Crippen molar-refractivity contribution in [1.29, 1.82) is 5.41 Å². The van der Waals surface area contributed by atoms with E-state index in [2.05, 4.69) is 4.90 Å². The summed E-state index contributed by atoms with van der Waals surface area (Å²) in [6, 6.07) is 0.0601. The highest BCUT2D eigenvalue weighted by molar-refractivity contribution is 5.82. The first-order valence-corrected chi connectivity index (χ1v) is 5.32. The van der Waals surface area contributed by atoms with Crippen LogP contribution in [0.15, 0.2) is 0 Å². The fourth-order valence-electron chi connectivity index (χ4n) is 2.12. The molecule has 0 aliphatic carbocycles. The van der Waals surface area contributed by atoms with E-state index in [0.717, 1.165) is 25.9 Å². The summed E-state index contributed by atoms with van der Waals surface area (Å²) in [7, 11) is 0. The predicted octanol–water partition coefficient (Wildman–Crippen LogP) is 0.404. The summed E-state index contributed by atoms with van der Waals surface area (Å²) in [5.41, 5.74) is 5.54. The fourth-order valence-corrected chi connectivity index (χ4v) is 2.12. The van der Waals surface area contributed by atoms with Gasteiger partial charge in [-0.25, -0.2) is 0 Å². The van der Waals surface area contributed by atoms with Gasteiger partial charge in [-0.3, -0.25) is 10.3 Å². The number of hydrogen-bond acceptors (Lipinski definition) is 3. The Labute approximate surface area is 85.6 Å². The van der Waals surface area contributed by atoms with Crippen LogP contribution in [0.1, 0.15) is 26.7 Å². The lowest BCUT2D eigenvalue weighted by Crippen LogP contribution is -2.51. The number of piperidine rings is 1. The summed E-state index contributed by atoms with van der Waals surface area (Å²) in [5, 5.41) is 17.1. The summed E-state index contributed by atoms with van der Waals surface area (Å²) in [6.45, 7) is 5.79. The number of aliphatic hydroxyl groups excluding tert-OH is 1. The van der Waals surface area contributed by atoms with Gasteiger partial charge in [-0.2, -0.15) is 0 Å². The van der Waals surface area contributed by atoms with Gasteiger partial charge in [-0.05, 0) is 18.8 Å². The maximum atomic E-state index is 9.58. The summed E-state index contributed by atoms with van der Waals surface area (Å²) < 4.78 is 0. The van der Waals surface area contributed by atoms with Gasteiger partial charge in [-0.1, -0.05) is 13.8 Å². The molecule has 1 rings (SSSR count).